The number of hydrogen-bond donors (Lipinski definition) is 1. The largest absolute Gasteiger partial charge is 0.464 e. The van der Waals surface area contributed by atoms with Crippen molar-refractivity contribution >= 4 is 33.9 Å². The van der Waals surface area contributed by atoms with Gasteiger partial charge in [-0.2, -0.15) is 4.90 Å². The molecule has 1 rings (SSSR count). The normalized spacial score (nSPS) is 12.0. The van der Waals surface area contributed by atoms with Crippen LogP contribution in [0.5, 0.6) is 0 Å². The van der Waals surface area contributed by atoms with Gasteiger partial charge in [-0.05, 0) is 31.7 Å². The average Bonchev–Trinajstić information content (AvgIpc) is 2.36. The van der Waals surface area contributed by atoms with E-state index in [0.717, 1.165) is 0 Å². The van der Waals surface area contributed by atoms with Crippen molar-refractivity contribution in [3.8, 4) is 0 Å². The van der Waals surface area contributed by atoms with E-state index in [4.69, 9.17) is 4.74 Å². The van der Waals surface area contributed by atoms with Crippen molar-refractivity contribution in [2.45, 2.75) is 52.0 Å². The van der Waals surface area contributed by atoms with Gasteiger partial charge in [-0.15, -0.1) is 0 Å². The van der Waals surface area contributed by atoms with E-state index in [2.05, 4.69) is 20.9 Å². The Labute approximate surface area is 149 Å². The SMILES string of the molecule is CC(C)(C)CC(C)(C)OC(=O)N(C(=O)O)c1nccc(CBr)c1F. The molecular weight excluding hydrogens is 383 g/mol. The summed E-state index contributed by atoms with van der Waals surface area (Å²) in [4.78, 5) is 27.7. The van der Waals surface area contributed by atoms with E-state index in [0.29, 0.717) is 6.42 Å². The molecule has 0 aliphatic heterocycles. The smallest absolute Gasteiger partial charge is 0.425 e. The minimum absolute atomic E-state index is 0.142. The van der Waals surface area contributed by atoms with Crippen LogP contribution in [0.25, 0.3) is 0 Å². The molecule has 1 heterocycles. The lowest BCUT2D eigenvalue weighted by atomic mass is 9.84. The molecule has 1 aromatic rings. The van der Waals surface area contributed by atoms with Crippen LogP contribution in [0.4, 0.5) is 19.8 Å². The fourth-order valence-corrected chi connectivity index (χ4v) is 3.01. The molecule has 0 atom stereocenters. The minimum atomic E-state index is -1.66. The zero-order valence-corrected chi connectivity index (χ0v) is 16.0. The van der Waals surface area contributed by atoms with Crippen molar-refractivity contribution < 1.29 is 23.8 Å². The first-order valence-electron chi connectivity index (χ1n) is 7.33. The maximum absolute atomic E-state index is 14.3. The van der Waals surface area contributed by atoms with Gasteiger partial charge >= 0.3 is 12.2 Å². The van der Waals surface area contributed by atoms with Crippen LogP contribution in [0, 0.1) is 11.2 Å². The number of anilines is 1. The number of carbonyl (C=O) groups is 2. The van der Waals surface area contributed by atoms with Gasteiger partial charge in [0, 0.05) is 17.1 Å². The lowest BCUT2D eigenvalue weighted by Crippen LogP contribution is -2.43. The number of hydrogen-bond acceptors (Lipinski definition) is 4. The third-order valence-corrected chi connectivity index (χ3v) is 3.60. The number of nitrogens with zero attached hydrogens (tertiary/aromatic N) is 2. The third-order valence-electron chi connectivity index (χ3n) is 3.00. The second-order valence-electron chi connectivity index (χ2n) is 7.22. The van der Waals surface area contributed by atoms with E-state index in [9.17, 15) is 19.1 Å². The van der Waals surface area contributed by atoms with E-state index in [1.165, 1.54) is 12.3 Å². The molecule has 0 aliphatic rings. The molecule has 0 bridgehead atoms. The number of pyridine rings is 1. The molecule has 0 saturated carbocycles. The highest BCUT2D eigenvalue weighted by Crippen LogP contribution is 2.31. The fourth-order valence-electron chi connectivity index (χ4n) is 2.58. The van der Waals surface area contributed by atoms with Gasteiger partial charge in [0.05, 0.1) is 0 Å². The maximum atomic E-state index is 14.3. The molecule has 0 unspecified atom stereocenters. The van der Waals surface area contributed by atoms with Gasteiger partial charge in [-0.25, -0.2) is 19.0 Å². The summed E-state index contributed by atoms with van der Waals surface area (Å²) in [5.41, 5.74) is -0.878. The van der Waals surface area contributed by atoms with Crippen LogP contribution in [0.1, 0.15) is 46.6 Å². The highest BCUT2D eigenvalue weighted by molar-refractivity contribution is 9.08. The molecule has 134 valence electrons. The Morgan fingerprint density at radius 3 is 2.38 bits per heavy atom. The molecule has 2 amide bonds. The number of halogens is 2. The van der Waals surface area contributed by atoms with E-state index >= 15 is 0 Å². The van der Waals surface area contributed by atoms with Gasteiger partial charge in [0.25, 0.3) is 0 Å². The predicted octanol–water partition coefficient (Wildman–Crippen LogP) is 4.95. The summed E-state index contributed by atoms with van der Waals surface area (Å²) in [6.45, 7) is 9.26. The van der Waals surface area contributed by atoms with E-state index < -0.39 is 29.4 Å². The standard InChI is InChI=1S/C16H22BrFN2O4/c1-15(2,3)9-16(4,5)24-14(23)20(13(21)22)12-11(18)10(8-17)6-7-19-12/h6-7H,8-9H2,1-5H3,(H,21,22). The quantitative estimate of drug-likeness (QED) is 0.717. The Hall–Kier alpha value is -1.70. The Morgan fingerprint density at radius 2 is 1.92 bits per heavy atom. The summed E-state index contributed by atoms with van der Waals surface area (Å²) in [5.74, 6) is -1.49. The van der Waals surface area contributed by atoms with Crippen molar-refractivity contribution in [2.24, 2.45) is 5.41 Å². The van der Waals surface area contributed by atoms with Gasteiger partial charge in [0.2, 0.25) is 0 Å². The molecule has 0 aliphatic carbocycles. The first-order valence-corrected chi connectivity index (χ1v) is 8.45. The molecule has 1 N–H and O–H groups in total. The Balaban J connectivity index is 3.14. The zero-order chi connectivity index (χ0) is 18.7. The fraction of sp³-hybridized carbons (Fsp3) is 0.562. The highest BCUT2D eigenvalue weighted by Gasteiger charge is 2.35. The van der Waals surface area contributed by atoms with Crippen molar-refractivity contribution in [1.29, 1.82) is 0 Å². The number of carboxylic acid groups (broad SMARTS) is 1. The summed E-state index contributed by atoms with van der Waals surface area (Å²) in [7, 11) is 0. The van der Waals surface area contributed by atoms with Crippen LogP contribution in [-0.4, -0.2) is 27.9 Å². The van der Waals surface area contributed by atoms with Crippen LogP contribution in [0.2, 0.25) is 0 Å². The number of imide groups is 1. The first-order chi connectivity index (χ1) is 10.9. The molecule has 1 aromatic heterocycles. The number of alkyl halides is 1. The Kier molecular flexibility index (Phi) is 6.32. The lowest BCUT2D eigenvalue weighted by molar-refractivity contribution is 0.0144. The van der Waals surface area contributed by atoms with Crippen LogP contribution in [0.3, 0.4) is 0 Å². The number of aromatic nitrogens is 1. The highest BCUT2D eigenvalue weighted by atomic mass is 79.9. The molecule has 8 heteroatoms. The summed E-state index contributed by atoms with van der Waals surface area (Å²) >= 11 is 3.10. The summed E-state index contributed by atoms with van der Waals surface area (Å²) in [6, 6.07) is 1.39. The molecule has 0 spiro atoms. The number of carbonyl (C=O) groups excluding carboxylic acids is 1. The van der Waals surface area contributed by atoms with Crippen molar-refractivity contribution in [2.75, 3.05) is 4.90 Å². The number of ether oxygens (including phenoxy) is 1. The van der Waals surface area contributed by atoms with Crippen LogP contribution in [0.15, 0.2) is 12.3 Å². The molecular formula is C16H22BrFN2O4. The van der Waals surface area contributed by atoms with E-state index in [-0.39, 0.29) is 21.2 Å². The van der Waals surface area contributed by atoms with Crippen molar-refractivity contribution in [3.63, 3.8) is 0 Å². The molecule has 0 saturated heterocycles. The topological polar surface area (TPSA) is 79.7 Å². The van der Waals surface area contributed by atoms with Gasteiger partial charge in [0.1, 0.15) is 5.60 Å². The van der Waals surface area contributed by atoms with Crippen LogP contribution in [-0.2, 0) is 10.1 Å². The Bertz CT molecular complexity index is 629. The lowest BCUT2D eigenvalue weighted by Gasteiger charge is -2.33. The zero-order valence-electron chi connectivity index (χ0n) is 14.4. The second kappa shape index (κ2) is 7.46. The molecule has 0 radical (unpaired) electrons. The summed E-state index contributed by atoms with van der Waals surface area (Å²) < 4.78 is 19.7. The first kappa shape index (κ1) is 20.3. The molecule has 0 fully saturated rings. The maximum Gasteiger partial charge on any atom is 0.425 e. The van der Waals surface area contributed by atoms with Crippen LogP contribution >= 0.6 is 15.9 Å². The van der Waals surface area contributed by atoms with Crippen molar-refractivity contribution in [3.05, 3.63) is 23.6 Å². The van der Waals surface area contributed by atoms with Crippen molar-refractivity contribution in [1.82, 2.24) is 4.98 Å². The average molecular weight is 405 g/mol. The number of rotatable bonds is 4. The summed E-state index contributed by atoms with van der Waals surface area (Å²) in [6.07, 6.45) is -1.12. The minimum Gasteiger partial charge on any atom is -0.464 e. The monoisotopic (exact) mass is 404 g/mol. The van der Waals surface area contributed by atoms with Gasteiger partial charge in [-0.1, -0.05) is 36.7 Å². The Morgan fingerprint density at radius 1 is 1.33 bits per heavy atom. The summed E-state index contributed by atoms with van der Waals surface area (Å²) in [5, 5.41) is 9.48. The van der Waals surface area contributed by atoms with Gasteiger partial charge in [0.15, 0.2) is 11.6 Å². The van der Waals surface area contributed by atoms with Gasteiger partial charge in [-0.3, -0.25) is 0 Å². The second-order valence-corrected chi connectivity index (χ2v) is 7.79. The molecule has 6 nitrogen and oxygen atoms in total. The molecule has 0 aromatic carbocycles. The number of amides is 2. The van der Waals surface area contributed by atoms with Crippen LogP contribution < -0.4 is 4.90 Å². The van der Waals surface area contributed by atoms with Gasteiger partial charge < -0.3 is 9.84 Å². The molecule has 24 heavy (non-hydrogen) atoms. The predicted molar refractivity (Wildman–Crippen MR) is 92.0 cm³/mol. The van der Waals surface area contributed by atoms with E-state index in [1.54, 1.807) is 13.8 Å². The van der Waals surface area contributed by atoms with E-state index in [1.807, 2.05) is 20.8 Å². The third kappa shape index (κ3) is 5.43.